The molecule has 0 aromatic heterocycles. The molecule has 2 aromatic carbocycles. The van der Waals surface area contributed by atoms with Crippen LogP contribution < -0.4 is 0 Å². The van der Waals surface area contributed by atoms with E-state index in [0.29, 0.717) is 16.5 Å². The monoisotopic (exact) mass is 336 g/mol. The zero-order valence-corrected chi connectivity index (χ0v) is 14.0. The van der Waals surface area contributed by atoms with E-state index in [1.165, 1.54) is 12.7 Å². The molecule has 2 nitrogen and oxygen atoms in total. The van der Waals surface area contributed by atoms with Crippen molar-refractivity contribution < 1.29 is 9.53 Å². The summed E-state index contributed by atoms with van der Waals surface area (Å²) in [4.78, 5) is 11.0. The van der Waals surface area contributed by atoms with E-state index in [1.54, 1.807) is 6.07 Å². The average Bonchev–Trinajstić information content (AvgIpc) is 2.51. The molecule has 2 rings (SSSR count). The highest BCUT2D eigenvalue weighted by molar-refractivity contribution is 6.35. The summed E-state index contributed by atoms with van der Waals surface area (Å²) in [5, 5.41) is 1.27. The SMILES string of the molecule is COC(=O)CCCCc1ccc(-c2cc(Cl)cc(Cl)c2)cc1. The van der Waals surface area contributed by atoms with Gasteiger partial charge in [0, 0.05) is 16.5 Å². The number of esters is 1. The number of carbonyl (C=O) groups excluding carboxylic acids is 1. The lowest BCUT2D eigenvalue weighted by Crippen LogP contribution is -1.99. The van der Waals surface area contributed by atoms with Crippen LogP contribution in [-0.2, 0) is 16.0 Å². The Bertz CT molecular complexity index is 616. The van der Waals surface area contributed by atoms with Crippen molar-refractivity contribution >= 4 is 29.2 Å². The molecule has 0 unspecified atom stereocenters. The van der Waals surface area contributed by atoms with E-state index in [2.05, 4.69) is 29.0 Å². The number of methoxy groups -OCH3 is 1. The van der Waals surface area contributed by atoms with Gasteiger partial charge in [-0.3, -0.25) is 4.79 Å². The minimum atomic E-state index is -0.145. The van der Waals surface area contributed by atoms with E-state index >= 15 is 0 Å². The molecule has 0 aliphatic heterocycles. The molecule has 0 aliphatic carbocycles. The van der Waals surface area contributed by atoms with Crippen LogP contribution in [0.2, 0.25) is 10.0 Å². The first-order valence-electron chi connectivity index (χ1n) is 7.20. The number of benzene rings is 2. The van der Waals surface area contributed by atoms with E-state index in [4.69, 9.17) is 23.2 Å². The topological polar surface area (TPSA) is 26.3 Å². The maximum atomic E-state index is 11.0. The summed E-state index contributed by atoms with van der Waals surface area (Å²) in [7, 11) is 1.42. The lowest BCUT2D eigenvalue weighted by Gasteiger charge is -2.06. The van der Waals surface area contributed by atoms with Gasteiger partial charge in [0.15, 0.2) is 0 Å². The molecule has 0 radical (unpaired) electrons. The second kappa shape index (κ2) is 8.21. The Balaban J connectivity index is 1.94. The van der Waals surface area contributed by atoms with Gasteiger partial charge in [-0.2, -0.15) is 0 Å². The lowest BCUT2D eigenvalue weighted by atomic mass is 10.0. The molecular formula is C18H18Cl2O2. The summed E-state index contributed by atoms with van der Waals surface area (Å²) in [5.41, 5.74) is 3.35. The summed E-state index contributed by atoms with van der Waals surface area (Å²) in [6, 6.07) is 13.9. The van der Waals surface area contributed by atoms with Gasteiger partial charge in [-0.15, -0.1) is 0 Å². The predicted octanol–water partition coefficient (Wildman–Crippen LogP) is 5.55. The van der Waals surface area contributed by atoms with Gasteiger partial charge in [0.05, 0.1) is 7.11 Å². The fourth-order valence-electron chi connectivity index (χ4n) is 2.28. The first-order valence-corrected chi connectivity index (χ1v) is 7.96. The van der Waals surface area contributed by atoms with Crippen molar-refractivity contribution in [3.8, 4) is 11.1 Å². The highest BCUT2D eigenvalue weighted by atomic mass is 35.5. The minimum Gasteiger partial charge on any atom is -0.469 e. The van der Waals surface area contributed by atoms with Gasteiger partial charge >= 0.3 is 5.97 Å². The number of halogens is 2. The standard InChI is InChI=1S/C18H18Cl2O2/c1-22-18(21)5-3-2-4-13-6-8-14(9-7-13)15-10-16(19)12-17(20)11-15/h6-12H,2-5H2,1H3. The molecule has 116 valence electrons. The molecule has 22 heavy (non-hydrogen) atoms. The Morgan fingerprint density at radius 1 is 0.955 bits per heavy atom. The normalized spacial score (nSPS) is 10.5. The van der Waals surface area contributed by atoms with Crippen LogP contribution in [-0.4, -0.2) is 13.1 Å². The van der Waals surface area contributed by atoms with Crippen LogP contribution >= 0.6 is 23.2 Å². The third kappa shape index (κ3) is 5.04. The molecule has 0 saturated heterocycles. The molecule has 0 aliphatic rings. The Hall–Kier alpha value is -1.51. The highest BCUT2D eigenvalue weighted by Gasteiger charge is 2.03. The van der Waals surface area contributed by atoms with Gasteiger partial charge in [-0.25, -0.2) is 0 Å². The van der Waals surface area contributed by atoms with E-state index < -0.39 is 0 Å². The third-order valence-corrected chi connectivity index (χ3v) is 3.91. The lowest BCUT2D eigenvalue weighted by molar-refractivity contribution is -0.140. The van der Waals surface area contributed by atoms with Crippen molar-refractivity contribution in [3.05, 3.63) is 58.1 Å². The molecule has 0 fully saturated rings. The van der Waals surface area contributed by atoms with Crippen molar-refractivity contribution in [2.24, 2.45) is 0 Å². The maximum absolute atomic E-state index is 11.0. The van der Waals surface area contributed by atoms with Gasteiger partial charge in [0.1, 0.15) is 0 Å². The van der Waals surface area contributed by atoms with Gasteiger partial charge in [-0.1, -0.05) is 47.5 Å². The van der Waals surface area contributed by atoms with Gasteiger partial charge in [0.2, 0.25) is 0 Å². The number of hydrogen-bond acceptors (Lipinski definition) is 2. The molecular weight excluding hydrogens is 319 g/mol. The molecule has 4 heteroatoms. The molecule has 0 spiro atoms. The van der Waals surface area contributed by atoms with Gasteiger partial charge < -0.3 is 4.74 Å². The van der Waals surface area contributed by atoms with Crippen LogP contribution in [0.25, 0.3) is 11.1 Å². The van der Waals surface area contributed by atoms with Crippen molar-refractivity contribution in [3.63, 3.8) is 0 Å². The Labute approximate surface area is 141 Å². The predicted molar refractivity (Wildman–Crippen MR) is 91.5 cm³/mol. The van der Waals surface area contributed by atoms with Crippen LogP contribution in [0.3, 0.4) is 0 Å². The zero-order valence-electron chi connectivity index (χ0n) is 12.4. The van der Waals surface area contributed by atoms with E-state index in [9.17, 15) is 4.79 Å². The number of ether oxygens (including phenoxy) is 1. The molecule has 0 heterocycles. The smallest absolute Gasteiger partial charge is 0.305 e. The fraction of sp³-hybridized carbons (Fsp3) is 0.278. The van der Waals surface area contributed by atoms with E-state index in [0.717, 1.165) is 30.4 Å². The Morgan fingerprint density at radius 3 is 2.18 bits per heavy atom. The van der Waals surface area contributed by atoms with Crippen molar-refractivity contribution in [2.75, 3.05) is 7.11 Å². The van der Waals surface area contributed by atoms with Gasteiger partial charge in [-0.05, 0) is 54.2 Å². The van der Waals surface area contributed by atoms with Crippen molar-refractivity contribution in [2.45, 2.75) is 25.7 Å². The first kappa shape index (κ1) is 16.9. The van der Waals surface area contributed by atoms with E-state index in [1.807, 2.05) is 12.1 Å². The van der Waals surface area contributed by atoms with E-state index in [-0.39, 0.29) is 5.97 Å². The van der Waals surface area contributed by atoms with Crippen LogP contribution in [0.15, 0.2) is 42.5 Å². The summed E-state index contributed by atoms with van der Waals surface area (Å²) in [5.74, 6) is -0.145. The molecule has 0 N–H and O–H groups in total. The second-order valence-corrected chi connectivity index (χ2v) is 6.01. The highest BCUT2D eigenvalue weighted by Crippen LogP contribution is 2.27. The number of unbranched alkanes of at least 4 members (excludes halogenated alkanes) is 1. The summed E-state index contributed by atoms with van der Waals surface area (Å²) >= 11 is 12.1. The summed E-state index contributed by atoms with van der Waals surface area (Å²) in [6.07, 6.45) is 3.25. The average molecular weight is 337 g/mol. The number of carbonyl (C=O) groups is 1. The van der Waals surface area contributed by atoms with Crippen LogP contribution in [0.5, 0.6) is 0 Å². The number of rotatable bonds is 6. The minimum absolute atomic E-state index is 0.145. The Kier molecular flexibility index (Phi) is 6.29. The molecule has 0 saturated carbocycles. The fourth-order valence-corrected chi connectivity index (χ4v) is 2.81. The van der Waals surface area contributed by atoms with Crippen molar-refractivity contribution in [1.29, 1.82) is 0 Å². The summed E-state index contributed by atoms with van der Waals surface area (Å²) in [6.45, 7) is 0. The zero-order chi connectivity index (χ0) is 15.9. The Morgan fingerprint density at radius 2 is 1.59 bits per heavy atom. The molecule has 0 bridgehead atoms. The van der Waals surface area contributed by atoms with Crippen LogP contribution in [0.1, 0.15) is 24.8 Å². The number of hydrogen-bond donors (Lipinski definition) is 0. The second-order valence-electron chi connectivity index (χ2n) is 5.14. The number of aryl methyl sites for hydroxylation is 1. The maximum Gasteiger partial charge on any atom is 0.305 e. The molecule has 0 amide bonds. The third-order valence-electron chi connectivity index (χ3n) is 3.47. The van der Waals surface area contributed by atoms with Gasteiger partial charge in [0.25, 0.3) is 0 Å². The largest absolute Gasteiger partial charge is 0.469 e. The first-order chi connectivity index (χ1) is 10.6. The molecule has 0 atom stereocenters. The van der Waals surface area contributed by atoms with Crippen LogP contribution in [0.4, 0.5) is 0 Å². The molecule has 2 aromatic rings. The summed E-state index contributed by atoms with van der Waals surface area (Å²) < 4.78 is 4.63. The van der Waals surface area contributed by atoms with Crippen molar-refractivity contribution in [1.82, 2.24) is 0 Å². The quantitative estimate of drug-likeness (QED) is 0.510. The van der Waals surface area contributed by atoms with Crippen LogP contribution in [0, 0.1) is 0 Å².